The van der Waals surface area contributed by atoms with Crippen molar-refractivity contribution in [2.75, 3.05) is 0 Å². The summed E-state index contributed by atoms with van der Waals surface area (Å²) in [5.41, 5.74) is 5.13. The van der Waals surface area contributed by atoms with Gasteiger partial charge in [0.05, 0.1) is 5.54 Å². The van der Waals surface area contributed by atoms with E-state index >= 15 is 0 Å². The van der Waals surface area contributed by atoms with Crippen LogP contribution < -0.4 is 11.1 Å². The van der Waals surface area contributed by atoms with Crippen LogP contribution in [0.3, 0.4) is 0 Å². The zero-order valence-electron chi connectivity index (χ0n) is 12.9. The summed E-state index contributed by atoms with van der Waals surface area (Å²) in [5.74, 6) is 0.674. The Labute approximate surface area is 134 Å². The normalized spacial score (nSPS) is 26.2. The number of carbonyl (C=O) groups excluding carboxylic acids is 1. The summed E-state index contributed by atoms with van der Waals surface area (Å²) in [6.07, 6.45) is 4.57. The molecule has 1 aromatic rings. The Kier molecular flexibility index (Phi) is 5.62. The minimum Gasteiger partial charge on any atom is -0.368 e. The van der Waals surface area contributed by atoms with E-state index in [4.69, 9.17) is 5.73 Å². The first-order valence-corrected chi connectivity index (χ1v) is 9.17. The first-order valence-electron chi connectivity index (χ1n) is 7.52. The highest BCUT2D eigenvalue weighted by Gasteiger charge is 2.42. The van der Waals surface area contributed by atoms with E-state index in [2.05, 4.69) is 35.4 Å². The van der Waals surface area contributed by atoms with Crippen molar-refractivity contribution in [3.05, 3.63) is 5.82 Å². The molecule has 0 radical (unpaired) electrons. The van der Waals surface area contributed by atoms with Gasteiger partial charge in [0, 0.05) is 17.7 Å². The van der Waals surface area contributed by atoms with Crippen LogP contribution in [0, 0.1) is 0 Å². The van der Waals surface area contributed by atoms with E-state index in [1.54, 1.807) is 11.8 Å². The minimum atomic E-state index is -0.567. The Morgan fingerprint density at radius 2 is 2.38 bits per heavy atom. The third-order valence-corrected chi connectivity index (χ3v) is 5.87. The van der Waals surface area contributed by atoms with Gasteiger partial charge in [-0.2, -0.15) is 4.37 Å². The molecule has 0 bridgehead atoms. The molecule has 3 N–H and O–H groups in total. The molecule has 1 aliphatic rings. The first-order chi connectivity index (χ1) is 9.95. The minimum absolute atomic E-state index is 0.229. The Morgan fingerprint density at radius 1 is 1.62 bits per heavy atom. The third-order valence-electron chi connectivity index (χ3n) is 3.78. The van der Waals surface area contributed by atoms with Gasteiger partial charge in [-0.1, -0.05) is 18.7 Å². The van der Waals surface area contributed by atoms with Crippen LogP contribution in [0.5, 0.6) is 0 Å². The van der Waals surface area contributed by atoms with Gasteiger partial charge in [0.25, 0.3) is 0 Å². The molecule has 0 spiro atoms. The first kappa shape index (κ1) is 16.7. The SMILES string of the molecule is CCc1nsc(SC2CCCC(NC(C)C)(C(N)=O)C2)n1. The summed E-state index contributed by atoms with van der Waals surface area (Å²) in [6.45, 7) is 6.17. The molecule has 1 aromatic heterocycles. The lowest BCUT2D eigenvalue weighted by Gasteiger charge is -2.40. The average molecular weight is 329 g/mol. The number of nitrogens with two attached hydrogens (primary N) is 1. The van der Waals surface area contributed by atoms with Gasteiger partial charge in [-0.05, 0) is 51.1 Å². The number of thioether (sulfide) groups is 1. The largest absolute Gasteiger partial charge is 0.368 e. The van der Waals surface area contributed by atoms with Crippen molar-refractivity contribution < 1.29 is 4.79 Å². The molecule has 0 aliphatic heterocycles. The summed E-state index contributed by atoms with van der Waals surface area (Å²) >= 11 is 3.20. The molecular formula is C14H24N4OS2. The van der Waals surface area contributed by atoms with Crippen molar-refractivity contribution in [2.24, 2.45) is 5.73 Å². The number of carbonyl (C=O) groups is 1. The molecule has 0 saturated heterocycles. The fourth-order valence-corrected chi connectivity index (χ4v) is 5.16. The fourth-order valence-electron chi connectivity index (χ4n) is 2.88. The number of amides is 1. The Morgan fingerprint density at radius 3 is 2.95 bits per heavy atom. The summed E-state index contributed by atoms with van der Waals surface area (Å²) in [6, 6.07) is 0.245. The van der Waals surface area contributed by atoms with Crippen molar-refractivity contribution in [2.45, 2.75) is 74.0 Å². The second-order valence-corrected chi connectivity index (χ2v) is 8.21. The lowest BCUT2D eigenvalue weighted by molar-refractivity contribution is -0.126. The summed E-state index contributed by atoms with van der Waals surface area (Å²) in [7, 11) is 0. The van der Waals surface area contributed by atoms with Crippen LogP contribution in [0.1, 0.15) is 52.3 Å². The summed E-state index contributed by atoms with van der Waals surface area (Å²) < 4.78 is 5.32. The summed E-state index contributed by atoms with van der Waals surface area (Å²) in [5, 5.41) is 3.78. The number of nitrogens with one attached hydrogen (secondary N) is 1. The van der Waals surface area contributed by atoms with Crippen LogP contribution >= 0.6 is 23.3 Å². The van der Waals surface area contributed by atoms with Crippen LogP contribution in [0.15, 0.2) is 4.34 Å². The quantitative estimate of drug-likeness (QED) is 0.838. The van der Waals surface area contributed by atoms with Gasteiger partial charge in [0.1, 0.15) is 5.82 Å². The molecule has 2 rings (SSSR count). The predicted octanol–water partition coefficient (Wildman–Crippen LogP) is 2.36. The van der Waals surface area contributed by atoms with E-state index in [0.29, 0.717) is 5.25 Å². The summed E-state index contributed by atoms with van der Waals surface area (Å²) in [4.78, 5) is 16.5. The molecule has 1 amide bonds. The van der Waals surface area contributed by atoms with Crippen molar-refractivity contribution in [1.82, 2.24) is 14.7 Å². The third kappa shape index (κ3) is 4.17. The van der Waals surface area contributed by atoms with Crippen LogP contribution in [-0.2, 0) is 11.2 Å². The predicted molar refractivity (Wildman–Crippen MR) is 87.6 cm³/mol. The zero-order valence-corrected chi connectivity index (χ0v) is 14.5. The second-order valence-electron chi connectivity index (χ2n) is 5.91. The van der Waals surface area contributed by atoms with Gasteiger partial charge in [-0.15, -0.1) is 0 Å². The maximum Gasteiger partial charge on any atom is 0.237 e. The van der Waals surface area contributed by atoms with Gasteiger partial charge in [-0.25, -0.2) is 4.98 Å². The standard InChI is InChI=1S/C14H24N4OS2/c1-4-11-16-13(21-18-11)20-10-6-5-7-14(8-10,12(15)19)17-9(2)3/h9-10,17H,4-8H2,1-3H3,(H2,15,19). The topological polar surface area (TPSA) is 80.9 Å². The maximum atomic E-state index is 12.0. The number of aromatic nitrogens is 2. The van der Waals surface area contributed by atoms with Gasteiger partial charge in [0.2, 0.25) is 5.91 Å². The maximum absolute atomic E-state index is 12.0. The van der Waals surface area contributed by atoms with Crippen LogP contribution in [0.4, 0.5) is 0 Å². The highest BCUT2D eigenvalue weighted by molar-refractivity contribution is 8.01. The second kappa shape index (κ2) is 7.07. The molecule has 1 heterocycles. The Hall–Kier alpha value is -0.660. The smallest absolute Gasteiger partial charge is 0.237 e. The molecule has 5 nitrogen and oxygen atoms in total. The van der Waals surface area contributed by atoms with Crippen LogP contribution in [0.25, 0.3) is 0 Å². The molecule has 118 valence electrons. The van der Waals surface area contributed by atoms with Crippen LogP contribution in [-0.4, -0.2) is 32.1 Å². The lowest BCUT2D eigenvalue weighted by atomic mass is 9.80. The number of rotatable bonds is 6. The molecule has 21 heavy (non-hydrogen) atoms. The number of nitrogens with zero attached hydrogens (tertiary/aromatic N) is 2. The molecule has 2 atom stereocenters. The van der Waals surface area contributed by atoms with Gasteiger partial charge < -0.3 is 11.1 Å². The average Bonchev–Trinajstić information content (AvgIpc) is 2.85. The zero-order chi connectivity index (χ0) is 15.5. The monoisotopic (exact) mass is 328 g/mol. The van der Waals surface area contributed by atoms with Gasteiger partial charge >= 0.3 is 0 Å². The number of aryl methyl sites for hydroxylation is 1. The molecule has 0 aromatic carbocycles. The van der Waals surface area contributed by atoms with Crippen molar-refractivity contribution in [3.8, 4) is 0 Å². The van der Waals surface area contributed by atoms with E-state index in [1.807, 2.05) is 0 Å². The molecular weight excluding hydrogens is 304 g/mol. The Bertz CT molecular complexity index is 491. The molecule has 1 aliphatic carbocycles. The van der Waals surface area contributed by atoms with E-state index in [-0.39, 0.29) is 11.9 Å². The van der Waals surface area contributed by atoms with Crippen molar-refractivity contribution in [3.63, 3.8) is 0 Å². The molecule has 1 fully saturated rings. The van der Waals surface area contributed by atoms with E-state index in [1.165, 1.54) is 11.5 Å². The molecule has 7 heteroatoms. The van der Waals surface area contributed by atoms with E-state index in [9.17, 15) is 4.79 Å². The van der Waals surface area contributed by atoms with Crippen LogP contribution in [0.2, 0.25) is 0 Å². The highest BCUT2D eigenvalue weighted by atomic mass is 32.2. The molecule has 2 unspecified atom stereocenters. The number of hydrogen-bond acceptors (Lipinski definition) is 6. The van der Waals surface area contributed by atoms with Gasteiger partial charge in [0.15, 0.2) is 4.34 Å². The number of hydrogen-bond donors (Lipinski definition) is 2. The van der Waals surface area contributed by atoms with E-state index in [0.717, 1.165) is 42.3 Å². The Balaban J connectivity index is 2.06. The van der Waals surface area contributed by atoms with Gasteiger partial charge in [-0.3, -0.25) is 4.79 Å². The van der Waals surface area contributed by atoms with E-state index < -0.39 is 5.54 Å². The number of primary amides is 1. The van der Waals surface area contributed by atoms with Crippen molar-refractivity contribution >= 4 is 29.2 Å². The fraction of sp³-hybridized carbons (Fsp3) is 0.786. The highest BCUT2D eigenvalue weighted by Crippen LogP contribution is 2.39. The van der Waals surface area contributed by atoms with Crippen molar-refractivity contribution in [1.29, 1.82) is 0 Å². The molecule has 1 saturated carbocycles. The lowest BCUT2D eigenvalue weighted by Crippen LogP contribution is -2.60.